The number of hydrogen-bond acceptors (Lipinski definition) is 12. The minimum absolute atomic E-state index is 0.00727. The summed E-state index contributed by atoms with van der Waals surface area (Å²) in [5.74, 6) is -3.13. The van der Waals surface area contributed by atoms with Gasteiger partial charge in [0.15, 0.2) is 0 Å². The number of imide groups is 1. The maximum atomic E-state index is 16.1. The first-order valence-electron chi connectivity index (χ1n) is 23.2. The summed E-state index contributed by atoms with van der Waals surface area (Å²) in [6.45, 7) is 8.95. The Labute approximate surface area is 396 Å². The highest BCUT2D eigenvalue weighted by atomic mass is 19.1. The van der Waals surface area contributed by atoms with Gasteiger partial charge >= 0.3 is 0 Å². The van der Waals surface area contributed by atoms with E-state index in [0.717, 1.165) is 79.2 Å². The molecule has 1 unspecified atom stereocenters. The van der Waals surface area contributed by atoms with Crippen molar-refractivity contribution in [2.75, 3.05) is 72.8 Å². The van der Waals surface area contributed by atoms with Gasteiger partial charge in [-0.2, -0.15) is 5.10 Å². The first kappa shape index (κ1) is 45.3. The fourth-order valence-electron chi connectivity index (χ4n) is 10.5. The first-order valence-corrected chi connectivity index (χ1v) is 23.2. The van der Waals surface area contributed by atoms with Crippen LogP contribution < -0.4 is 31.5 Å². The molecule has 2 aromatic heterocycles. The van der Waals surface area contributed by atoms with Crippen LogP contribution in [-0.2, 0) is 22.6 Å². The Balaban J connectivity index is 0.752. The van der Waals surface area contributed by atoms with Gasteiger partial charge in [-0.25, -0.2) is 18.4 Å². The predicted octanol–water partition coefficient (Wildman–Crippen LogP) is 4.97. The van der Waals surface area contributed by atoms with Crippen molar-refractivity contribution in [3.05, 3.63) is 111 Å². The van der Waals surface area contributed by atoms with Gasteiger partial charge in [-0.05, 0) is 111 Å². The van der Waals surface area contributed by atoms with Crippen LogP contribution in [0.3, 0.4) is 0 Å². The number of hydrogen-bond donors (Lipinski definition) is 4. The number of carbonyl (C=O) groups excluding carboxylic acids is 6. The normalized spacial score (nSPS) is 19.6. The summed E-state index contributed by atoms with van der Waals surface area (Å²) in [4.78, 5) is 89.1. The molecule has 7 heterocycles. The SMILES string of the molecule is Cc1cccc(NC(=O)c2ccc(-c3nn4c(c3C(N)=O)Nc3ccc(N5CCN(CC6CCN(c7cc8c(cc7F)C(=O)N(C7(C=O)CCC(=O)NC7)C8=O)CC6)CC5)cc3CC4)c(F)c2C)n1. The molecule has 5 N–H and O–H groups in total. The number of piperidine rings is 2. The van der Waals surface area contributed by atoms with Crippen LogP contribution in [0.5, 0.6) is 0 Å². The molecule has 1 atom stereocenters. The summed E-state index contributed by atoms with van der Waals surface area (Å²) < 4.78 is 33.4. The number of anilines is 5. The van der Waals surface area contributed by atoms with Crippen molar-refractivity contribution in [1.29, 1.82) is 0 Å². The molecule has 5 aliphatic rings. The van der Waals surface area contributed by atoms with E-state index in [1.165, 1.54) is 25.1 Å². The fraction of sp³-hybridized carbons (Fsp3) is 0.360. The molecule has 3 fully saturated rings. The molecule has 0 spiro atoms. The van der Waals surface area contributed by atoms with Crippen LogP contribution in [0.2, 0.25) is 0 Å². The molecule has 0 saturated carbocycles. The van der Waals surface area contributed by atoms with E-state index in [-0.39, 0.29) is 70.1 Å². The molecule has 0 radical (unpaired) electrons. The molecule has 0 aliphatic carbocycles. The minimum atomic E-state index is -1.51. The summed E-state index contributed by atoms with van der Waals surface area (Å²) in [7, 11) is 0. The lowest BCUT2D eigenvalue weighted by atomic mass is 9.89. The zero-order valence-electron chi connectivity index (χ0n) is 38.2. The molecule has 3 saturated heterocycles. The quantitative estimate of drug-likeness (QED) is 0.108. The number of aryl methyl sites for hydroxylation is 3. The first-order chi connectivity index (χ1) is 33.2. The zero-order chi connectivity index (χ0) is 48.3. The minimum Gasteiger partial charge on any atom is -0.369 e. The van der Waals surface area contributed by atoms with Gasteiger partial charge in [-0.1, -0.05) is 6.07 Å². The number of pyridine rings is 1. The Morgan fingerprint density at radius 1 is 0.884 bits per heavy atom. The standard InChI is InChI=1S/C50H51F2N11O6/c1-28-4-3-5-40(55-28)57-47(67)33-7-8-34(43(52)29(33)2)44-42(45(53)66)46-56-38-9-6-32(22-31(38)13-17-62(46)58-44)60-20-18-59(19-21-60)25-30-11-15-61(16-12-30)39-24-36-35(23-37(39)51)48(68)63(49(36)69)50(27-64)14-10-41(65)54-26-50/h3-9,22-24,27,30,56H,10-21,25-26H2,1-2H3,(H2,53,66)(H,54,65)(H,55,57,67). The zero-order valence-corrected chi connectivity index (χ0v) is 38.2. The second kappa shape index (κ2) is 17.8. The van der Waals surface area contributed by atoms with Gasteiger partial charge in [-0.3, -0.25) is 33.8 Å². The lowest BCUT2D eigenvalue weighted by molar-refractivity contribution is -0.127. The van der Waals surface area contributed by atoms with Gasteiger partial charge in [0.1, 0.15) is 46.4 Å². The fourth-order valence-corrected chi connectivity index (χ4v) is 10.5. The topological polar surface area (TPSA) is 208 Å². The number of halogens is 2. The van der Waals surface area contributed by atoms with Crippen LogP contribution in [0.4, 0.5) is 37.5 Å². The van der Waals surface area contributed by atoms with Gasteiger partial charge < -0.3 is 36.3 Å². The van der Waals surface area contributed by atoms with Crippen molar-refractivity contribution < 1.29 is 37.5 Å². The number of nitrogens with two attached hydrogens (primary N) is 1. The number of carbonyl (C=O) groups is 6. The Hall–Kier alpha value is -7.54. The third kappa shape index (κ3) is 8.23. The van der Waals surface area contributed by atoms with Crippen molar-refractivity contribution in [2.24, 2.45) is 11.7 Å². The molecule has 5 aromatic rings. The third-order valence-corrected chi connectivity index (χ3v) is 14.4. The maximum absolute atomic E-state index is 16.1. The van der Waals surface area contributed by atoms with E-state index in [1.54, 1.807) is 29.8 Å². The van der Waals surface area contributed by atoms with Crippen molar-refractivity contribution >= 4 is 64.5 Å². The van der Waals surface area contributed by atoms with Gasteiger partial charge in [0.05, 0.1) is 16.8 Å². The monoisotopic (exact) mass is 939 g/mol. The highest BCUT2D eigenvalue weighted by Gasteiger charge is 2.51. The average molecular weight is 940 g/mol. The second-order valence-corrected chi connectivity index (χ2v) is 18.6. The van der Waals surface area contributed by atoms with Crippen LogP contribution in [0, 0.1) is 31.4 Å². The number of rotatable bonds is 10. The van der Waals surface area contributed by atoms with Crippen LogP contribution in [0.15, 0.2) is 60.7 Å². The Morgan fingerprint density at radius 3 is 2.33 bits per heavy atom. The third-order valence-electron chi connectivity index (χ3n) is 14.4. The number of nitrogens with one attached hydrogen (secondary N) is 3. The molecule has 3 aromatic carbocycles. The molecular formula is C50H51F2N11O6. The summed E-state index contributed by atoms with van der Waals surface area (Å²) in [6.07, 6.45) is 2.77. The number of aromatic nitrogens is 3. The van der Waals surface area contributed by atoms with Gasteiger partial charge in [0, 0.05) is 93.5 Å². The predicted molar refractivity (Wildman–Crippen MR) is 253 cm³/mol. The number of benzene rings is 3. The molecule has 356 valence electrons. The summed E-state index contributed by atoms with van der Waals surface area (Å²) in [5.41, 5.74) is 8.69. The molecule has 17 nitrogen and oxygen atoms in total. The van der Waals surface area contributed by atoms with Crippen molar-refractivity contribution in [2.45, 2.75) is 58.0 Å². The second-order valence-electron chi connectivity index (χ2n) is 18.6. The van der Waals surface area contributed by atoms with E-state index in [9.17, 15) is 28.8 Å². The van der Waals surface area contributed by atoms with E-state index in [1.807, 2.05) is 17.0 Å². The average Bonchev–Trinajstić information content (AvgIpc) is 3.75. The summed E-state index contributed by atoms with van der Waals surface area (Å²) in [6, 6.07) is 16.9. The van der Waals surface area contributed by atoms with Crippen molar-refractivity contribution in [1.82, 2.24) is 29.9 Å². The van der Waals surface area contributed by atoms with Gasteiger partial charge in [0.25, 0.3) is 23.6 Å². The number of piperazine rings is 1. The van der Waals surface area contributed by atoms with Gasteiger partial charge in [0.2, 0.25) is 5.91 Å². The molecule has 5 amide bonds. The largest absolute Gasteiger partial charge is 0.369 e. The van der Waals surface area contributed by atoms with Crippen molar-refractivity contribution in [3.8, 4) is 11.3 Å². The Kier molecular flexibility index (Phi) is 11.7. The van der Waals surface area contributed by atoms with Crippen LogP contribution >= 0.6 is 0 Å². The molecule has 0 bridgehead atoms. The molecule has 69 heavy (non-hydrogen) atoms. The summed E-state index contributed by atoms with van der Waals surface area (Å²) in [5, 5.41) is 13.4. The van der Waals surface area contributed by atoms with E-state index < -0.39 is 40.8 Å². The lowest BCUT2D eigenvalue weighted by Crippen LogP contribution is -2.61. The molecule has 5 aliphatic heterocycles. The molecule has 19 heteroatoms. The Morgan fingerprint density at radius 2 is 1.64 bits per heavy atom. The lowest BCUT2D eigenvalue weighted by Gasteiger charge is -2.40. The van der Waals surface area contributed by atoms with E-state index in [2.05, 4.69) is 36.8 Å². The van der Waals surface area contributed by atoms with Gasteiger partial charge in [-0.15, -0.1) is 0 Å². The molecular weight excluding hydrogens is 889 g/mol. The number of amides is 5. The number of fused-ring (bicyclic) bond motifs is 3. The van der Waals surface area contributed by atoms with Crippen LogP contribution in [-0.4, -0.2) is 118 Å². The maximum Gasteiger partial charge on any atom is 0.262 e. The Bertz CT molecular complexity index is 2970. The smallest absolute Gasteiger partial charge is 0.262 e. The molecule has 10 rings (SSSR count). The van der Waals surface area contributed by atoms with E-state index in [4.69, 9.17) is 10.8 Å². The number of primary amides is 1. The number of aldehydes is 1. The highest BCUT2D eigenvalue weighted by Crippen LogP contribution is 2.39. The van der Waals surface area contributed by atoms with Crippen LogP contribution in [0.25, 0.3) is 11.3 Å². The van der Waals surface area contributed by atoms with Crippen molar-refractivity contribution in [3.63, 3.8) is 0 Å². The summed E-state index contributed by atoms with van der Waals surface area (Å²) >= 11 is 0. The van der Waals surface area contributed by atoms with E-state index >= 15 is 8.78 Å². The highest BCUT2D eigenvalue weighted by molar-refractivity contribution is 6.23. The number of nitrogens with zero attached hydrogens (tertiary/aromatic N) is 7. The van der Waals surface area contributed by atoms with E-state index in [0.29, 0.717) is 49.9 Å². The van der Waals surface area contributed by atoms with Crippen LogP contribution in [0.1, 0.15) is 83.9 Å².